The first-order valence-corrected chi connectivity index (χ1v) is 7.18. The maximum absolute atomic E-state index is 12.2. The van der Waals surface area contributed by atoms with Gasteiger partial charge in [-0.1, -0.05) is 0 Å². The van der Waals surface area contributed by atoms with Crippen molar-refractivity contribution in [3.05, 3.63) is 0 Å². The van der Waals surface area contributed by atoms with E-state index in [1.807, 2.05) is 18.7 Å². The zero-order valence-corrected chi connectivity index (χ0v) is 11.2. The third-order valence-electron chi connectivity index (χ3n) is 3.41. The van der Waals surface area contributed by atoms with Gasteiger partial charge >= 0.3 is 12.0 Å². The zero-order valence-electron chi connectivity index (χ0n) is 10.3. The van der Waals surface area contributed by atoms with E-state index in [4.69, 9.17) is 4.74 Å². The van der Waals surface area contributed by atoms with E-state index in [-0.39, 0.29) is 18.7 Å². The number of rotatable bonds is 2. The molecule has 102 valence electrons. The van der Waals surface area contributed by atoms with Crippen LogP contribution in [-0.4, -0.2) is 64.9 Å². The molecule has 2 atom stereocenters. The van der Waals surface area contributed by atoms with Gasteiger partial charge in [0, 0.05) is 37.1 Å². The minimum atomic E-state index is -1.25. The van der Waals surface area contributed by atoms with Crippen LogP contribution in [0.2, 0.25) is 0 Å². The standard InChI is InChI=1S/C11H18N2O4S/c1-8-6-18-5-3-13(8)10(16)12-11(9(14)15)2-4-17-7-11/h8H,2-7H2,1H3,(H,12,16)(H,14,15). The van der Waals surface area contributed by atoms with Gasteiger partial charge in [0.15, 0.2) is 5.54 Å². The highest BCUT2D eigenvalue weighted by molar-refractivity contribution is 7.99. The number of nitrogens with one attached hydrogen (secondary N) is 1. The predicted octanol–water partition coefficient (Wildman–Crippen LogP) is 0.377. The smallest absolute Gasteiger partial charge is 0.332 e. The second-order valence-electron chi connectivity index (χ2n) is 4.74. The molecule has 2 N–H and O–H groups in total. The van der Waals surface area contributed by atoms with Crippen molar-refractivity contribution in [1.82, 2.24) is 10.2 Å². The SMILES string of the molecule is CC1CSCCN1C(=O)NC1(C(=O)O)CCOC1. The Kier molecular flexibility index (Phi) is 4.01. The molecule has 2 unspecified atom stereocenters. The maximum Gasteiger partial charge on any atom is 0.332 e. The molecule has 2 fully saturated rings. The highest BCUT2D eigenvalue weighted by Gasteiger charge is 2.45. The van der Waals surface area contributed by atoms with Gasteiger partial charge in [0.25, 0.3) is 0 Å². The molecule has 6 nitrogen and oxygen atoms in total. The van der Waals surface area contributed by atoms with Crippen LogP contribution in [0.25, 0.3) is 0 Å². The first-order chi connectivity index (χ1) is 8.55. The number of urea groups is 1. The molecule has 2 saturated heterocycles. The van der Waals surface area contributed by atoms with Crippen molar-refractivity contribution in [3.63, 3.8) is 0 Å². The van der Waals surface area contributed by atoms with Crippen LogP contribution in [0.4, 0.5) is 4.79 Å². The summed E-state index contributed by atoms with van der Waals surface area (Å²) in [4.78, 5) is 25.2. The van der Waals surface area contributed by atoms with E-state index < -0.39 is 11.5 Å². The summed E-state index contributed by atoms with van der Waals surface area (Å²) in [6, 6.07) is -0.160. The Morgan fingerprint density at radius 2 is 2.33 bits per heavy atom. The highest BCUT2D eigenvalue weighted by Crippen LogP contribution is 2.21. The van der Waals surface area contributed by atoms with E-state index in [2.05, 4.69) is 5.32 Å². The number of carboxylic acids is 1. The van der Waals surface area contributed by atoms with E-state index in [9.17, 15) is 14.7 Å². The molecule has 0 aromatic heterocycles. The van der Waals surface area contributed by atoms with Crippen LogP contribution in [0.5, 0.6) is 0 Å². The molecule has 0 aliphatic carbocycles. The topological polar surface area (TPSA) is 78.9 Å². The van der Waals surface area contributed by atoms with Gasteiger partial charge in [-0.15, -0.1) is 0 Å². The monoisotopic (exact) mass is 274 g/mol. The van der Waals surface area contributed by atoms with Crippen LogP contribution in [0.1, 0.15) is 13.3 Å². The molecular formula is C11H18N2O4S. The maximum atomic E-state index is 12.2. The molecule has 2 heterocycles. The Morgan fingerprint density at radius 1 is 1.56 bits per heavy atom. The van der Waals surface area contributed by atoms with E-state index in [0.717, 1.165) is 11.5 Å². The summed E-state index contributed by atoms with van der Waals surface area (Å²) in [6.45, 7) is 3.06. The van der Waals surface area contributed by atoms with Crippen LogP contribution < -0.4 is 5.32 Å². The summed E-state index contributed by atoms with van der Waals surface area (Å²) in [5.74, 6) is 0.769. The molecule has 7 heteroatoms. The van der Waals surface area contributed by atoms with Gasteiger partial charge in [-0.3, -0.25) is 0 Å². The first-order valence-electron chi connectivity index (χ1n) is 6.03. The number of aliphatic carboxylic acids is 1. The average molecular weight is 274 g/mol. The zero-order chi connectivity index (χ0) is 13.2. The number of carbonyl (C=O) groups excluding carboxylic acids is 1. The molecular weight excluding hydrogens is 256 g/mol. The fourth-order valence-corrected chi connectivity index (χ4v) is 3.20. The van der Waals surface area contributed by atoms with E-state index in [1.54, 1.807) is 4.90 Å². The number of carbonyl (C=O) groups is 2. The quantitative estimate of drug-likeness (QED) is 0.761. The summed E-state index contributed by atoms with van der Waals surface area (Å²) >= 11 is 1.81. The van der Waals surface area contributed by atoms with Crippen molar-refractivity contribution in [2.24, 2.45) is 0 Å². The number of hydrogen-bond donors (Lipinski definition) is 2. The first kappa shape index (κ1) is 13.5. The lowest BCUT2D eigenvalue weighted by Crippen LogP contribution is -2.60. The summed E-state index contributed by atoms with van der Waals surface area (Å²) in [5.41, 5.74) is -1.25. The molecule has 0 aromatic rings. The molecule has 0 aromatic carbocycles. The number of ether oxygens (including phenoxy) is 1. The van der Waals surface area contributed by atoms with E-state index >= 15 is 0 Å². The summed E-state index contributed by atoms with van der Waals surface area (Å²) in [6.07, 6.45) is 0.324. The average Bonchev–Trinajstić information content (AvgIpc) is 2.79. The van der Waals surface area contributed by atoms with Gasteiger partial charge in [-0.05, 0) is 6.92 Å². The normalized spacial score (nSPS) is 32.3. The van der Waals surface area contributed by atoms with Crippen LogP contribution in [0, 0.1) is 0 Å². The van der Waals surface area contributed by atoms with Gasteiger partial charge in [0.2, 0.25) is 0 Å². The fraction of sp³-hybridized carbons (Fsp3) is 0.818. The molecule has 2 aliphatic rings. The Labute approximate surface area is 110 Å². The molecule has 2 aliphatic heterocycles. The van der Waals surface area contributed by atoms with Gasteiger partial charge < -0.3 is 20.1 Å². The molecule has 0 radical (unpaired) electrons. The molecule has 18 heavy (non-hydrogen) atoms. The number of amides is 2. The number of nitrogens with zero attached hydrogens (tertiary/aromatic N) is 1. The fourth-order valence-electron chi connectivity index (χ4n) is 2.19. The Hall–Kier alpha value is -0.950. The summed E-state index contributed by atoms with van der Waals surface area (Å²) < 4.78 is 5.12. The third-order valence-corrected chi connectivity index (χ3v) is 4.60. The van der Waals surface area contributed by atoms with E-state index in [1.165, 1.54) is 0 Å². The van der Waals surface area contributed by atoms with Gasteiger partial charge in [-0.2, -0.15) is 11.8 Å². The Bertz CT molecular complexity index is 344. The van der Waals surface area contributed by atoms with Gasteiger partial charge in [0.05, 0.1) is 6.61 Å². The largest absolute Gasteiger partial charge is 0.479 e. The van der Waals surface area contributed by atoms with Crippen molar-refractivity contribution in [2.75, 3.05) is 31.3 Å². The van der Waals surface area contributed by atoms with Crippen molar-refractivity contribution < 1.29 is 19.4 Å². The minimum Gasteiger partial charge on any atom is -0.479 e. The van der Waals surface area contributed by atoms with Crippen molar-refractivity contribution in [1.29, 1.82) is 0 Å². The lowest BCUT2D eigenvalue weighted by Gasteiger charge is -2.35. The van der Waals surface area contributed by atoms with E-state index in [0.29, 0.717) is 19.6 Å². The second kappa shape index (κ2) is 5.36. The van der Waals surface area contributed by atoms with Crippen molar-refractivity contribution in [2.45, 2.75) is 24.9 Å². The minimum absolute atomic E-state index is 0.0467. The molecule has 0 spiro atoms. The Morgan fingerprint density at radius 3 is 2.89 bits per heavy atom. The van der Waals surface area contributed by atoms with Gasteiger partial charge in [-0.25, -0.2) is 9.59 Å². The highest BCUT2D eigenvalue weighted by atomic mass is 32.2. The van der Waals surface area contributed by atoms with Crippen LogP contribution >= 0.6 is 11.8 Å². The van der Waals surface area contributed by atoms with Crippen molar-refractivity contribution >= 4 is 23.8 Å². The molecule has 2 amide bonds. The molecule has 0 saturated carbocycles. The number of carboxylic acid groups (broad SMARTS) is 1. The van der Waals surface area contributed by atoms with Gasteiger partial charge in [0.1, 0.15) is 0 Å². The van der Waals surface area contributed by atoms with Crippen LogP contribution in [0.3, 0.4) is 0 Å². The Balaban J connectivity index is 2.03. The second-order valence-corrected chi connectivity index (χ2v) is 5.89. The number of hydrogen-bond acceptors (Lipinski definition) is 4. The predicted molar refractivity (Wildman–Crippen MR) is 67.8 cm³/mol. The van der Waals surface area contributed by atoms with Crippen LogP contribution in [0.15, 0.2) is 0 Å². The number of thioether (sulfide) groups is 1. The van der Waals surface area contributed by atoms with Crippen molar-refractivity contribution in [3.8, 4) is 0 Å². The lowest BCUT2D eigenvalue weighted by atomic mass is 9.99. The molecule has 0 bridgehead atoms. The summed E-state index contributed by atoms with van der Waals surface area (Å²) in [5, 5.41) is 11.9. The molecule has 2 rings (SSSR count). The lowest BCUT2D eigenvalue weighted by molar-refractivity contribution is -0.144. The third kappa shape index (κ3) is 2.56. The summed E-state index contributed by atoms with van der Waals surface area (Å²) in [7, 11) is 0. The van der Waals surface area contributed by atoms with Crippen LogP contribution in [-0.2, 0) is 9.53 Å².